The number of rotatable bonds is 10. The second-order valence-electron chi connectivity index (χ2n) is 10.1. The maximum atomic E-state index is 13.0. The van der Waals surface area contributed by atoms with Crippen LogP contribution in [0.25, 0.3) is 0 Å². The molecule has 1 aliphatic rings. The average molecular weight is 533 g/mol. The molecular weight excluding hydrogens is 501 g/mol. The topological polar surface area (TPSA) is 34.5 Å². The minimum absolute atomic E-state index is 0.0435. The van der Waals surface area contributed by atoms with Gasteiger partial charge in [0.2, 0.25) is 5.78 Å². The molecule has 3 aromatic carbocycles. The third kappa shape index (κ3) is 6.25. The summed E-state index contributed by atoms with van der Waals surface area (Å²) < 4.78 is 47.2. The lowest BCUT2D eigenvalue weighted by molar-refractivity contribution is -0.137. The van der Waals surface area contributed by atoms with Gasteiger partial charge in [-0.25, -0.2) is 0 Å². The first-order valence-electron chi connectivity index (χ1n) is 13.2. The maximum absolute atomic E-state index is 13.0. The fourth-order valence-electron chi connectivity index (χ4n) is 5.30. The number of carbonyl (C=O) groups excluding carboxylic acids is 1. The molecule has 0 fully saturated rings. The van der Waals surface area contributed by atoms with Crippen molar-refractivity contribution in [2.75, 3.05) is 20.1 Å². The largest absolute Gasteiger partial charge is 0.486 e. The van der Waals surface area contributed by atoms with Crippen molar-refractivity contribution in [2.45, 2.75) is 37.6 Å². The van der Waals surface area contributed by atoms with Gasteiger partial charge in [0, 0.05) is 43.2 Å². The Balaban J connectivity index is 1.23. The zero-order valence-electron chi connectivity index (χ0n) is 21.8. The van der Waals surface area contributed by atoms with Crippen molar-refractivity contribution in [1.82, 2.24) is 9.47 Å². The first-order chi connectivity index (χ1) is 18.8. The molecule has 0 spiro atoms. The number of alkyl halides is 3. The Hall–Kier alpha value is -3.84. The summed E-state index contributed by atoms with van der Waals surface area (Å²) in [6.07, 6.45) is -3.03. The van der Waals surface area contributed by atoms with Gasteiger partial charge in [0.15, 0.2) is 0 Å². The number of fused-ring (bicyclic) bond motifs is 1. The molecule has 5 rings (SSSR count). The molecule has 2 unspecified atom stereocenters. The van der Waals surface area contributed by atoms with Crippen LogP contribution in [0.1, 0.15) is 57.7 Å². The van der Waals surface area contributed by atoms with Gasteiger partial charge in [0.25, 0.3) is 0 Å². The van der Waals surface area contributed by atoms with Crippen LogP contribution in [0.2, 0.25) is 0 Å². The Morgan fingerprint density at radius 1 is 0.949 bits per heavy atom. The predicted molar refractivity (Wildman–Crippen MR) is 145 cm³/mol. The van der Waals surface area contributed by atoms with Crippen LogP contribution in [0.5, 0.6) is 5.75 Å². The van der Waals surface area contributed by atoms with Crippen LogP contribution in [0, 0.1) is 0 Å². The molecular formula is C32H31F3N2O2. The van der Waals surface area contributed by atoms with Gasteiger partial charge in [-0.1, -0.05) is 60.7 Å². The number of ketones is 1. The lowest BCUT2D eigenvalue weighted by atomic mass is 10.0. The van der Waals surface area contributed by atoms with E-state index in [1.807, 2.05) is 66.7 Å². The highest BCUT2D eigenvalue weighted by molar-refractivity contribution is 6.08. The Morgan fingerprint density at radius 3 is 2.28 bits per heavy atom. The number of hydrogen-bond donors (Lipinski definition) is 0. The zero-order valence-corrected chi connectivity index (χ0v) is 21.8. The second kappa shape index (κ2) is 11.5. The highest BCUT2D eigenvalue weighted by atomic mass is 19.4. The van der Waals surface area contributed by atoms with Gasteiger partial charge in [-0.2, -0.15) is 13.2 Å². The molecule has 1 aliphatic heterocycles. The number of likely N-dealkylation sites (N-methyl/N-ethyl adjacent to an activating group) is 1. The monoisotopic (exact) mass is 532 g/mol. The van der Waals surface area contributed by atoms with Crippen LogP contribution in [0.15, 0.2) is 97.1 Å². The minimum atomic E-state index is -4.38. The fourth-order valence-corrected chi connectivity index (χ4v) is 5.30. The molecule has 2 atom stereocenters. The van der Waals surface area contributed by atoms with E-state index < -0.39 is 11.7 Å². The van der Waals surface area contributed by atoms with Gasteiger partial charge < -0.3 is 14.2 Å². The van der Waals surface area contributed by atoms with Crippen molar-refractivity contribution in [3.05, 3.63) is 125 Å². The lowest BCUT2D eigenvalue weighted by Gasteiger charge is -2.25. The summed E-state index contributed by atoms with van der Waals surface area (Å²) in [4.78, 5) is 15.3. The molecule has 0 saturated carbocycles. The van der Waals surface area contributed by atoms with E-state index in [1.165, 1.54) is 17.8 Å². The number of benzene rings is 3. The highest BCUT2D eigenvalue weighted by Gasteiger charge is 2.30. The SMILES string of the molecule is CN(CCC(Oc1ccc(C(F)(F)F)cc1)c1ccccc1)CC1CCn2c(C(=O)c3ccccc3)ccc21. The van der Waals surface area contributed by atoms with Crippen LogP contribution >= 0.6 is 0 Å². The van der Waals surface area contributed by atoms with E-state index in [4.69, 9.17) is 4.74 Å². The normalized spacial score (nSPS) is 15.8. The van der Waals surface area contributed by atoms with E-state index in [2.05, 4.69) is 22.6 Å². The Bertz CT molecular complexity index is 1380. The van der Waals surface area contributed by atoms with Crippen molar-refractivity contribution in [3.63, 3.8) is 0 Å². The Kier molecular flexibility index (Phi) is 7.89. The van der Waals surface area contributed by atoms with Crippen molar-refractivity contribution in [3.8, 4) is 5.75 Å². The molecule has 202 valence electrons. The van der Waals surface area contributed by atoms with E-state index in [1.54, 1.807) is 0 Å². The van der Waals surface area contributed by atoms with E-state index in [0.717, 1.165) is 49.4 Å². The second-order valence-corrected chi connectivity index (χ2v) is 10.1. The molecule has 7 heteroatoms. The minimum Gasteiger partial charge on any atom is -0.486 e. The maximum Gasteiger partial charge on any atom is 0.416 e. The number of carbonyl (C=O) groups is 1. The fraction of sp³-hybridized carbons (Fsp3) is 0.281. The molecule has 2 heterocycles. The van der Waals surface area contributed by atoms with Gasteiger partial charge in [-0.05, 0) is 55.4 Å². The molecule has 0 aliphatic carbocycles. The van der Waals surface area contributed by atoms with Crippen LogP contribution < -0.4 is 4.74 Å². The summed E-state index contributed by atoms with van der Waals surface area (Å²) in [5.41, 5.74) is 2.89. The van der Waals surface area contributed by atoms with Crippen LogP contribution in [-0.2, 0) is 12.7 Å². The Morgan fingerprint density at radius 2 is 1.62 bits per heavy atom. The summed E-state index contributed by atoms with van der Waals surface area (Å²) in [6, 6.07) is 28.0. The third-order valence-corrected chi connectivity index (χ3v) is 7.34. The number of nitrogens with zero attached hydrogens (tertiary/aromatic N) is 2. The molecule has 4 aromatic rings. The van der Waals surface area contributed by atoms with Crippen molar-refractivity contribution < 1.29 is 22.7 Å². The number of ether oxygens (including phenoxy) is 1. The molecule has 39 heavy (non-hydrogen) atoms. The van der Waals surface area contributed by atoms with Crippen molar-refractivity contribution in [2.24, 2.45) is 0 Å². The van der Waals surface area contributed by atoms with Crippen LogP contribution in [-0.4, -0.2) is 35.4 Å². The average Bonchev–Trinajstić information content (AvgIpc) is 3.54. The van der Waals surface area contributed by atoms with Gasteiger partial charge >= 0.3 is 6.18 Å². The summed E-state index contributed by atoms with van der Waals surface area (Å²) in [5.74, 6) is 0.768. The summed E-state index contributed by atoms with van der Waals surface area (Å²) in [6.45, 7) is 2.40. The smallest absolute Gasteiger partial charge is 0.416 e. The summed E-state index contributed by atoms with van der Waals surface area (Å²) >= 11 is 0. The number of halogens is 3. The van der Waals surface area contributed by atoms with E-state index >= 15 is 0 Å². The quantitative estimate of drug-likeness (QED) is 0.200. The predicted octanol–water partition coefficient (Wildman–Crippen LogP) is 7.37. The summed E-state index contributed by atoms with van der Waals surface area (Å²) in [5, 5.41) is 0. The third-order valence-electron chi connectivity index (χ3n) is 7.34. The van der Waals surface area contributed by atoms with E-state index in [9.17, 15) is 18.0 Å². The zero-order chi connectivity index (χ0) is 27.4. The number of aromatic nitrogens is 1. The van der Waals surface area contributed by atoms with E-state index in [-0.39, 0.29) is 11.9 Å². The van der Waals surface area contributed by atoms with E-state index in [0.29, 0.717) is 23.7 Å². The van der Waals surface area contributed by atoms with Gasteiger partial charge in [-0.3, -0.25) is 4.79 Å². The first-order valence-corrected chi connectivity index (χ1v) is 13.2. The number of hydrogen-bond acceptors (Lipinski definition) is 3. The molecule has 0 bridgehead atoms. The lowest BCUT2D eigenvalue weighted by Crippen LogP contribution is -2.27. The molecule has 0 N–H and O–H groups in total. The van der Waals surface area contributed by atoms with Crippen LogP contribution in [0.4, 0.5) is 13.2 Å². The highest BCUT2D eigenvalue weighted by Crippen LogP contribution is 2.34. The van der Waals surface area contributed by atoms with Crippen molar-refractivity contribution in [1.29, 1.82) is 0 Å². The molecule has 0 saturated heterocycles. The van der Waals surface area contributed by atoms with Crippen molar-refractivity contribution >= 4 is 5.78 Å². The van der Waals surface area contributed by atoms with Gasteiger partial charge in [-0.15, -0.1) is 0 Å². The summed E-state index contributed by atoms with van der Waals surface area (Å²) in [7, 11) is 2.07. The van der Waals surface area contributed by atoms with Crippen LogP contribution in [0.3, 0.4) is 0 Å². The van der Waals surface area contributed by atoms with Gasteiger partial charge in [0.1, 0.15) is 11.9 Å². The van der Waals surface area contributed by atoms with Gasteiger partial charge in [0.05, 0.1) is 11.3 Å². The molecule has 1 aromatic heterocycles. The molecule has 4 nitrogen and oxygen atoms in total. The Labute approximate surface area is 226 Å². The standard InChI is InChI=1S/C32H31F3N2O2/c1-36(22-25-18-21-37-28(25)16-17-29(37)31(38)24-10-6-3-7-11-24)20-19-30(23-8-4-2-5-9-23)39-27-14-12-26(13-15-27)32(33,34)35/h2-17,25,30H,18-22H2,1H3. The molecule has 0 radical (unpaired) electrons. The first kappa shape index (κ1) is 26.8. The molecule has 0 amide bonds.